The molecular weight excluding hydrogens is 170 g/mol. The molecule has 13 heavy (non-hydrogen) atoms. The van der Waals surface area contributed by atoms with Gasteiger partial charge < -0.3 is 5.11 Å². The van der Waals surface area contributed by atoms with Crippen LogP contribution in [0.1, 0.15) is 39.0 Å². The molecule has 0 spiro atoms. The van der Waals surface area contributed by atoms with Gasteiger partial charge in [0.05, 0.1) is 0 Å². The van der Waals surface area contributed by atoms with Crippen LogP contribution >= 0.6 is 0 Å². The van der Waals surface area contributed by atoms with Crippen molar-refractivity contribution in [2.75, 3.05) is 0 Å². The number of nitrogens with zero attached hydrogens (tertiary/aromatic N) is 1. The second-order valence-corrected chi connectivity index (χ2v) is 3.91. The van der Waals surface area contributed by atoms with Gasteiger partial charge in [-0.25, -0.2) is 0 Å². The number of hydrogen-bond donors (Lipinski definition) is 1. The van der Waals surface area contributed by atoms with E-state index in [2.05, 4.69) is 0 Å². The normalized spacial score (nSPS) is 23.8. The Morgan fingerprint density at radius 3 is 2.38 bits per heavy atom. The second-order valence-electron chi connectivity index (χ2n) is 3.91. The lowest BCUT2D eigenvalue weighted by Gasteiger charge is -2.26. The lowest BCUT2D eigenvalue weighted by atomic mass is 9.83. The highest BCUT2D eigenvalue weighted by Gasteiger charge is 2.32. The van der Waals surface area contributed by atoms with Crippen LogP contribution in [0.3, 0.4) is 0 Å². The van der Waals surface area contributed by atoms with Crippen molar-refractivity contribution in [1.29, 1.82) is 0 Å². The largest absolute Gasteiger partial charge is 0.386 e. The Hall–Kier alpha value is -0.640. The molecule has 0 bridgehead atoms. The summed E-state index contributed by atoms with van der Waals surface area (Å²) >= 11 is 0. The maximum atomic E-state index is 10.4. The number of aliphatic hydroxyl groups is 1. The molecule has 1 aliphatic rings. The highest BCUT2D eigenvalue weighted by atomic mass is 16.6. The zero-order valence-electron chi connectivity index (χ0n) is 7.98. The monoisotopic (exact) mass is 187 g/mol. The highest BCUT2D eigenvalue weighted by Crippen LogP contribution is 2.28. The van der Waals surface area contributed by atoms with Gasteiger partial charge in [0.15, 0.2) is 0 Å². The van der Waals surface area contributed by atoms with Crippen LogP contribution in [0.4, 0.5) is 0 Å². The Kier molecular flexibility index (Phi) is 3.66. The van der Waals surface area contributed by atoms with Gasteiger partial charge in [-0.05, 0) is 18.8 Å². The second kappa shape index (κ2) is 4.56. The summed E-state index contributed by atoms with van der Waals surface area (Å²) in [7, 11) is 0. The van der Waals surface area contributed by atoms with Crippen LogP contribution < -0.4 is 0 Å². The SMILES string of the molecule is C[C@H]([C@@H](O)C1CCCCC1)[N+](=O)[O-]. The smallest absolute Gasteiger partial charge is 0.236 e. The van der Waals surface area contributed by atoms with E-state index >= 15 is 0 Å². The topological polar surface area (TPSA) is 63.4 Å². The van der Waals surface area contributed by atoms with E-state index in [0.717, 1.165) is 25.7 Å². The minimum Gasteiger partial charge on any atom is -0.386 e. The lowest BCUT2D eigenvalue weighted by Crippen LogP contribution is -2.37. The fourth-order valence-corrected chi connectivity index (χ4v) is 1.99. The van der Waals surface area contributed by atoms with E-state index in [1.807, 2.05) is 0 Å². The summed E-state index contributed by atoms with van der Waals surface area (Å²) in [5, 5.41) is 20.1. The van der Waals surface area contributed by atoms with Crippen LogP contribution in [0, 0.1) is 16.0 Å². The molecular formula is C9H17NO3. The highest BCUT2D eigenvalue weighted by molar-refractivity contribution is 4.76. The third-order valence-electron chi connectivity index (χ3n) is 2.96. The maximum Gasteiger partial charge on any atom is 0.236 e. The zero-order chi connectivity index (χ0) is 9.84. The van der Waals surface area contributed by atoms with E-state index in [0.29, 0.717) is 0 Å². The summed E-state index contributed by atoms with van der Waals surface area (Å²) in [4.78, 5) is 10.0. The van der Waals surface area contributed by atoms with Gasteiger partial charge in [-0.1, -0.05) is 19.3 Å². The van der Waals surface area contributed by atoms with E-state index in [1.54, 1.807) is 0 Å². The van der Waals surface area contributed by atoms with E-state index < -0.39 is 12.1 Å². The van der Waals surface area contributed by atoms with Gasteiger partial charge in [-0.15, -0.1) is 0 Å². The van der Waals surface area contributed by atoms with Crippen LogP contribution in [0.15, 0.2) is 0 Å². The molecule has 0 amide bonds. The third-order valence-corrected chi connectivity index (χ3v) is 2.96. The van der Waals surface area contributed by atoms with E-state index in [1.165, 1.54) is 13.3 Å². The molecule has 0 aromatic carbocycles. The third kappa shape index (κ3) is 2.66. The molecule has 76 valence electrons. The van der Waals surface area contributed by atoms with Gasteiger partial charge in [0.25, 0.3) is 0 Å². The predicted molar refractivity (Wildman–Crippen MR) is 49.0 cm³/mol. The molecule has 1 saturated carbocycles. The fraction of sp³-hybridized carbons (Fsp3) is 1.00. The van der Waals surface area contributed by atoms with Gasteiger partial charge >= 0.3 is 0 Å². The zero-order valence-corrected chi connectivity index (χ0v) is 7.98. The van der Waals surface area contributed by atoms with Crippen LogP contribution in [-0.4, -0.2) is 22.2 Å². The molecule has 0 aromatic rings. The fourth-order valence-electron chi connectivity index (χ4n) is 1.99. The van der Waals surface area contributed by atoms with Gasteiger partial charge in [-0.2, -0.15) is 0 Å². The Labute approximate surface area is 78.1 Å². The molecule has 1 fully saturated rings. The number of nitro groups is 1. The Morgan fingerprint density at radius 1 is 1.38 bits per heavy atom. The summed E-state index contributed by atoms with van der Waals surface area (Å²) in [6.45, 7) is 1.49. The van der Waals surface area contributed by atoms with Gasteiger partial charge in [-0.3, -0.25) is 10.1 Å². The summed E-state index contributed by atoms with van der Waals surface area (Å²) in [6, 6.07) is -0.817. The summed E-state index contributed by atoms with van der Waals surface area (Å²) in [6.07, 6.45) is 4.54. The summed E-state index contributed by atoms with van der Waals surface area (Å²) < 4.78 is 0. The predicted octanol–water partition coefficient (Wildman–Crippen LogP) is 1.59. The average Bonchev–Trinajstić information content (AvgIpc) is 2.17. The first-order valence-corrected chi connectivity index (χ1v) is 4.94. The first kappa shape index (κ1) is 10.4. The molecule has 2 atom stereocenters. The van der Waals surface area contributed by atoms with Crippen molar-refractivity contribution in [3.63, 3.8) is 0 Å². The Balaban J connectivity index is 2.44. The summed E-state index contributed by atoms with van der Waals surface area (Å²) in [5.74, 6) is 0.147. The van der Waals surface area contributed by atoms with Gasteiger partial charge in [0.2, 0.25) is 6.04 Å². The molecule has 0 radical (unpaired) electrons. The van der Waals surface area contributed by atoms with Crippen molar-refractivity contribution in [1.82, 2.24) is 0 Å². The van der Waals surface area contributed by atoms with Crippen LogP contribution in [0.25, 0.3) is 0 Å². The van der Waals surface area contributed by atoms with Gasteiger partial charge in [0.1, 0.15) is 6.10 Å². The van der Waals surface area contributed by atoms with Crippen LogP contribution in [0.5, 0.6) is 0 Å². The number of rotatable bonds is 3. The van der Waals surface area contributed by atoms with Crippen molar-refractivity contribution in [3.05, 3.63) is 10.1 Å². The average molecular weight is 187 g/mol. The molecule has 1 aliphatic carbocycles. The minimum absolute atomic E-state index is 0.147. The van der Waals surface area contributed by atoms with Crippen molar-refractivity contribution in [2.45, 2.75) is 51.2 Å². The first-order chi connectivity index (χ1) is 6.13. The molecule has 1 rings (SSSR count). The van der Waals surface area contributed by atoms with Crippen molar-refractivity contribution in [2.24, 2.45) is 5.92 Å². The van der Waals surface area contributed by atoms with E-state index in [4.69, 9.17) is 0 Å². The number of hydrogen-bond acceptors (Lipinski definition) is 3. The van der Waals surface area contributed by atoms with Crippen molar-refractivity contribution in [3.8, 4) is 0 Å². The number of aliphatic hydroxyl groups excluding tert-OH is 1. The molecule has 0 saturated heterocycles. The maximum absolute atomic E-state index is 10.4. The molecule has 1 N–H and O–H groups in total. The van der Waals surface area contributed by atoms with Crippen molar-refractivity contribution >= 4 is 0 Å². The molecule has 4 nitrogen and oxygen atoms in total. The first-order valence-electron chi connectivity index (χ1n) is 4.94. The minimum atomic E-state index is -0.817. The van der Waals surface area contributed by atoms with E-state index in [9.17, 15) is 15.2 Å². The molecule has 0 heterocycles. The van der Waals surface area contributed by atoms with Crippen LogP contribution in [-0.2, 0) is 0 Å². The van der Waals surface area contributed by atoms with E-state index in [-0.39, 0.29) is 10.8 Å². The van der Waals surface area contributed by atoms with Crippen LogP contribution in [0.2, 0.25) is 0 Å². The van der Waals surface area contributed by atoms with Crippen molar-refractivity contribution < 1.29 is 10.0 Å². The Bertz CT molecular complexity index is 178. The molecule has 0 unspecified atom stereocenters. The standard InChI is InChI=1S/C9H17NO3/c1-7(10(12)13)9(11)8-5-3-2-4-6-8/h7-9,11H,2-6H2,1H3/t7-,9-/m1/s1. The molecule has 0 aromatic heterocycles. The lowest BCUT2D eigenvalue weighted by molar-refractivity contribution is -0.532. The Morgan fingerprint density at radius 2 is 1.92 bits per heavy atom. The molecule has 0 aliphatic heterocycles. The quantitative estimate of drug-likeness (QED) is 0.539. The summed E-state index contributed by atoms with van der Waals surface area (Å²) in [5.41, 5.74) is 0. The van der Waals surface area contributed by atoms with Gasteiger partial charge in [0, 0.05) is 11.8 Å². The molecule has 4 heteroatoms.